The van der Waals surface area contributed by atoms with Crippen LogP contribution in [0, 0.1) is 0 Å². The van der Waals surface area contributed by atoms with Gasteiger partial charge in [0.25, 0.3) is 0 Å². The van der Waals surface area contributed by atoms with E-state index in [0.29, 0.717) is 17.7 Å². The molecular weight excluding hydrogens is 448 g/mol. The number of benzene rings is 1. The van der Waals surface area contributed by atoms with Crippen LogP contribution in [0.5, 0.6) is 5.88 Å². The number of thioether (sulfide) groups is 1. The maximum absolute atomic E-state index is 12.4. The number of amides is 2. The Bertz CT molecular complexity index is 1040. The van der Waals surface area contributed by atoms with E-state index in [9.17, 15) is 19.5 Å². The molecule has 3 rings (SSSR count). The number of carbonyl (C=O) groups is 3. The molecule has 5 N–H and O–H groups in total. The Hall–Kier alpha value is -3.93. The van der Waals surface area contributed by atoms with Crippen LogP contribution in [0.1, 0.15) is 23.7 Å². The van der Waals surface area contributed by atoms with E-state index < -0.39 is 17.9 Å². The first-order chi connectivity index (χ1) is 15.8. The fraction of sp³-hybridized carbons (Fsp3) is 0.238. The lowest BCUT2D eigenvalue weighted by Crippen LogP contribution is -2.43. The van der Waals surface area contributed by atoms with Crippen molar-refractivity contribution in [2.45, 2.75) is 19.4 Å². The van der Waals surface area contributed by atoms with Crippen LogP contribution in [0.15, 0.2) is 49.2 Å². The SMILES string of the molecule is CSCCC(NC(C)=O)C(=O)Nc1ccc(-c2ncc(C(=O)O)c(O)n2)cc1.c1c[nH]cn1. The monoisotopic (exact) mass is 472 g/mol. The van der Waals surface area contributed by atoms with Crippen LogP contribution in [0.4, 0.5) is 5.69 Å². The predicted octanol–water partition coefficient (Wildman–Crippen LogP) is 2.15. The van der Waals surface area contributed by atoms with Crippen molar-refractivity contribution < 1.29 is 24.6 Å². The van der Waals surface area contributed by atoms with E-state index in [-0.39, 0.29) is 23.2 Å². The van der Waals surface area contributed by atoms with E-state index in [1.165, 1.54) is 6.92 Å². The summed E-state index contributed by atoms with van der Waals surface area (Å²) in [6.07, 6.45) is 8.54. The van der Waals surface area contributed by atoms with Crippen molar-refractivity contribution >= 4 is 35.2 Å². The van der Waals surface area contributed by atoms with Crippen LogP contribution in [0.3, 0.4) is 0 Å². The summed E-state index contributed by atoms with van der Waals surface area (Å²) in [7, 11) is 0. The van der Waals surface area contributed by atoms with Gasteiger partial charge in [-0.05, 0) is 42.7 Å². The molecule has 174 valence electrons. The van der Waals surface area contributed by atoms with E-state index in [1.54, 1.807) is 54.7 Å². The number of H-pyrrole nitrogens is 1. The van der Waals surface area contributed by atoms with Gasteiger partial charge in [0, 0.05) is 36.8 Å². The molecule has 1 atom stereocenters. The normalized spacial score (nSPS) is 11.0. The zero-order valence-electron chi connectivity index (χ0n) is 18.0. The second kappa shape index (κ2) is 12.8. The maximum Gasteiger partial charge on any atom is 0.342 e. The Morgan fingerprint density at radius 3 is 2.42 bits per heavy atom. The molecule has 0 fully saturated rings. The molecule has 0 saturated carbocycles. The number of rotatable bonds is 8. The largest absolute Gasteiger partial charge is 0.493 e. The summed E-state index contributed by atoms with van der Waals surface area (Å²) < 4.78 is 0. The third-order valence-corrected chi connectivity index (χ3v) is 4.76. The predicted molar refractivity (Wildman–Crippen MR) is 124 cm³/mol. The molecule has 2 heterocycles. The highest BCUT2D eigenvalue weighted by atomic mass is 32.2. The number of aromatic amines is 1. The van der Waals surface area contributed by atoms with Crippen molar-refractivity contribution in [1.82, 2.24) is 25.3 Å². The summed E-state index contributed by atoms with van der Waals surface area (Å²) in [5, 5.41) is 23.9. The molecule has 2 aromatic heterocycles. The first-order valence-electron chi connectivity index (χ1n) is 9.71. The minimum absolute atomic E-state index is 0.150. The number of aromatic hydroxyl groups is 1. The second-order valence-corrected chi connectivity index (χ2v) is 7.58. The number of aromatic nitrogens is 4. The van der Waals surface area contributed by atoms with Gasteiger partial charge in [0.15, 0.2) is 5.82 Å². The van der Waals surface area contributed by atoms with Gasteiger partial charge in [-0.25, -0.2) is 14.8 Å². The smallest absolute Gasteiger partial charge is 0.342 e. The molecule has 0 spiro atoms. The van der Waals surface area contributed by atoms with Crippen molar-refractivity contribution in [3.63, 3.8) is 0 Å². The second-order valence-electron chi connectivity index (χ2n) is 6.60. The van der Waals surface area contributed by atoms with Crippen LogP contribution >= 0.6 is 11.8 Å². The number of imidazole rings is 1. The van der Waals surface area contributed by atoms with Crippen LogP contribution < -0.4 is 10.6 Å². The zero-order valence-corrected chi connectivity index (χ0v) is 18.8. The van der Waals surface area contributed by atoms with Gasteiger partial charge >= 0.3 is 5.97 Å². The minimum atomic E-state index is -1.32. The van der Waals surface area contributed by atoms with E-state index >= 15 is 0 Å². The van der Waals surface area contributed by atoms with Gasteiger partial charge in [0.2, 0.25) is 17.7 Å². The fourth-order valence-corrected chi connectivity index (χ4v) is 3.03. The van der Waals surface area contributed by atoms with Gasteiger partial charge in [-0.3, -0.25) is 9.59 Å². The van der Waals surface area contributed by atoms with E-state index in [1.807, 2.05) is 6.26 Å². The quantitative estimate of drug-likeness (QED) is 0.329. The van der Waals surface area contributed by atoms with E-state index in [2.05, 4.69) is 30.6 Å². The molecule has 3 aromatic rings. The Balaban J connectivity index is 0.000000678. The van der Waals surface area contributed by atoms with Gasteiger partial charge in [-0.1, -0.05) is 0 Å². The molecule has 12 heteroatoms. The molecule has 0 aliphatic rings. The highest BCUT2D eigenvalue weighted by Gasteiger charge is 2.19. The fourth-order valence-electron chi connectivity index (χ4n) is 2.56. The third kappa shape index (κ3) is 8.26. The Kier molecular flexibility index (Phi) is 9.83. The molecule has 11 nitrogen and oxygen atoms in total. The highest BCUT2D eigenvalue weighted by molar-refractivity contribution is 7.98. The number of nitrogens with one attached hydrogen (secondary N) is 3. The molecule has 0 bridgehead atoms. The van der Waals surface area contributed by atoms with Crippen molar-refractivity contribution in [2.75, 3.05) is 17.3 Å². The number of carboxylic acid groups (broad SMARTS) is 1. The Morgan fingerprint density at radius 2 is 1.94 bits per heavy atom. The average Bonchev–Trinajstić information content (AvgIpc) is 3.37. The summed E-state index contributed by atoms with van der Waals surface area (Å²) in [6, 6.07) is 5.87. The van der Waals surface area contributed by atoms with Gasteiger partial charge in [-0.15, -0.1) is 0 Å². The Labute approximate surface area is 194 Å². The van der Waals surface area contributed by atoms with Gasteiger partial charge in [-0.2, -0.15) is 16.7 Å². The molecular formula is C21H24N6O5S. The van der Waals surface area contributed by atoms with Crippen LogP contribution in [-0.2, 0) is 9.59 Å². The summed E-state index contributed by atoms with van der Waals surface area (Å²) in [6.45, 7) is 1.36. The van der Waals surface area contributed by atoms with E-state index in [0.717, 1.165) is 11.9 Å². The van der Waals surface area contributed by atoms with Crippen molar-refractivity contribution in [2.24, 2.45) is 0 Å². The lowest BCUT2D eigenvalue weighted by Gasteiger charge is -2.17. The van der Waals surface area contributed by atoms with Gasteiger partial charge in [0.1, 0.15) is 11.6 Å². The maximum atomic E-state index is 12.4. The topological polar surface area (TPSA) is 170 Å². The molecule has 2 amide bonds. The van der Waals surface area contributed by atoms with Gasteiger partial charge < -0.3 is 25.8 Å². The molecule has 33 heavy (non-hydrogen) atoms. The summed E-state index contributed by atoms with van der Waals surface area (Å²) in [5.41, 5.74) is 0.660. The molecule has 1 aromatic carbocycles. The summed E-state index contributed by atoms with van der Waals surface area (Å²) >= 11 is 1.58. The third-order valence-electron chi connectivity index (χ3n) is 4.12. The molecule has 0 aliphatic carbocycles. The number of hydrogen-bond donors (Lipinski definition) is 5. The number of anilines is 1. The average molecular weight is 473 g/mol. The lowest BCUT2D eigenvalue weighted by atomic mass is 10.1. The van der Waals surface area contributed by atoms with Crippen LogP contribution in [0.2, 0.25) is 0 Å². The molecule has 0 aliphatic heterocycles. The molecule has 0 radical (unpaired) electrons. The van der Waals surface area contributed by atoms with Crippen LogP contribution in [0.25, 0.3) is 11.4 Å². The number of hydrogen-bond acceptors (Lipinski definition) is 8. The highest BCUT2D eigenvalue weighted by Crippen LogP contribution is 2.22. The van der Waals surface area contributed by atoms with Gasteiger partial charge in [0.05, 0.1) is 6.33 Å². The standard InChI is InChI=1S/C18H20N4O5S.C3H4N2/c1-10(23)20-14(7-8-28-2)17(25)21-12-5-3-11(4-6-12)15-19-9-13(18(26)27)16(24)22-15;1-2-5-3-4-1/h3-6,9,14H,7-8H2,1-2H3,(H,20,23)(H,21,25)(H,26,27)(H,19,22,24);1-3H,(H,4,5). The number of carbonyl (C=O) groups excluding carboxylic acids is 2. The first-order valence-corrected chi connectivity index (χ1v) is 11.1. The number of carboxylic acids is 1. The number of aromatic carboxylic acids is 1. The van der Waals surface area contributed by atoms with Crippen molar-refractivity contribution in [3.8, 4) is 17.3 Å². The van der Waals surface area contributed by atoms with Crippen molar-refractivity contribution in [3.05, 3.63) is 54.7 Å². The Morgan fingerprint density at radius 1 is 1.21 bits per heavy atom. The molecule has 0 saturated heterocycles. The first kappa shape index (κ1) is 25.3. The van der Waals surface area contributed by atoms with Crippen molar-refractivity contribution in [1.29, 1.82) is 0 Å². The zero-order chi connectivity index (χ0) is 24.2. The minimum Gasteiger partial charge on any atom is -0.493 e. The number of nitrogens with zero attached hydrogens (tertiary/aromatic N) is 3. The summed E-state index contributed by atoms with van der Waals surface area (Å²) in [4.78, 5) is 48.7. The lowest BCUT2D eigenvalue weighted by molar-refractivity contribution is -0.125. The van der Waals surface area contributed by atoms with E-state index in [4.69, 9.17) is 5.11 Å². The summed E-state index contributed by atoms with van der Waals surface area (Å²) in [5.74, 6) is -1.67. The van der Waals surface area contributed by atoms with Crippen LogP contribution in [-0.4, -0.2) is 66.0 Å². The molecule has 1 unspecified atom stereocenters.